The maximum Gasteiger partial charge on any atom is 0.0902 e. The number of rotatable bonds is 3. The van der Waals surface area contributed by atoms with Crippen molar-refractivity contribution in [2.75, 3.05) is 6.54 Å². The molecule has 0 aromatic carbocycles. The molecule has 0 spiro atoms. The lowest BCUT2D eigenvalue weighted by Gasteiger charge is -2.34. The summed E-state index contributed by atoms with van der Waals surface area (Å²) < 4.78 is 0. The minimum absolute atomic E-state index is 0.288. The van der Waals surface area contributed by atoms with Gasteiger partial charge in [0.05, 0.1) is 16.5 Å². The zero-order chi connectivity index (χ0) is 10.7. The number of likely N-dealkylation sites (tertiary alicyclic amines) is 1. The van der Waals surface area contributed by atoms with Crippen LogP contribution in [0.4, 0.5) is 0 Å². The SMILES string of the molecule is NC(=S)C1CCCCN1Cc1cncs1. The van der Waals surface area contributed by atoms with Crippen molar-refractivity contribution in [3.63, 3.8) is 0 Å². The molecule has 2 N–H and O–H groups in total. The number of thiazole rings is 1. The van der Waals surface area contributed by atoms with Gasteiger partial charge in [-0.05, 0) is 19.4 Å². The van der Waals surface area contributed by atoms with Crippen molar-refractivity contribution >= 4 is 28.5 Å². The van der Waals surface area contributed by atoms with Crippen molar-refractivity contribution in [3.05, 3.63) is 16.6 Å². The smallest absolute Gasteiger partial charge is 0.0902 e. The highest BCUT2D eigenvalue weighted by molar-refractivity contribution is 7.80. The van der Waals surface area contributed by atoms with Gasteiger partial charge in [0.15, 0.2) is 0 Å². The van der Waals surface area contributed by atoms with Crippen LogP contribution in [0.3, 0.4) is 0 Å². The number of nitrogens with two attached hydrogens (primary N) is 1. The van der Waals surface area contributed by atoms with Gasteiger partial charge in [0, 0.05) is 17.6 Å². The van der Waals surface area contributed by atoms with Crippen molar-refractivity contribution < 1.29 is 0 Å². The first-order chi connectivity index (χ1) is 7.27. The van der Waals surface area contributed by atoms with E-state index in [-0.39, 0.29) is 6.04 Å². The van der Waals surface area contributed by atoms with Crippen molar-refractivity contribution in [3.8, 4) is 0 Å². The summed E-state index contributed by atoms with van der Waals surface area (Å²) in [6, 6.07) is 0.288. The fourth-order valence-electron chi connectivity index (χ4n) is 2.02. The summed E-state index contributed by atoms with van der Waals surface area (Å²) in [6.45, 7) is 2.03. The van der Waals surface area contributed by atoms with Gasteiger partial charge in [0.1, 0.15) is 0 Å². The molecule has 0 amide bonds. The molecule has 5 heteroatoms. The lowest BCUT2D eigenvalue weighted by molar-refractivity contribution is 0.186. The van der Waals surface area contributed by atoms with Gasteiger partial charge in [-0.1, -0.05) is 18.6 Å². The fourth-order valence-corrected chi connectivity index (χ4v) is 2.91. The highest BCUT2D eigenvalue weighted by atomic mass is 32.1. The van der Waals surface area contributed by atoms with E-state index in [1.165, 1.54) is 17.7 Å². The molecule has 2 heterocycles. The first-order valence-corrected chi connectivity index (χ1v) is 6.47. The molecule has 15 heavy (non-hydrogen) atoms. The zero-order valence-electron chi connectivity index (χ0n) is 8.56. The van der Waals surface area contributed by atoms with Crippen LogP contribution in [0.2, 0.25) is 0 Å². The van der Waals surface area contributed by atoms with Crippen LogP contribution in [0.1, 0.15) is 24.1 Å². The Hall–Kier alpha value is -0.520. The van der Waals surface area contributed by atoms with E-state index in [4.69, 9.17) is 18.0 Å². The summed E-state index contributed by atoms with van der Waals surface area (Å²) in [5, 5.41) is 0. The molecule has 0 bridgehead atoms. The summed E-state index contributed by atoms with van der Waals surface area (Å²) in [6.07, 6.45) is 5.52. The largest absolute Gasteiger partial charge is 0.392 e. The summed E-state index contributed by atoms with van der Waals surface area (Å²) in [7, 11) is 0. The van der Waals surface area contributed by atoms with Crippen LogP contribution in [0, 0.1) is 0 Å². The van der Waals surface area contributed by atoms with E-state index < -0.39 is 0 Å². The Bertz CT molecular complexity index is 323. The van der Waals surface area contributed by atoms with Gasteiger partial charge >= 0.3 is 0 Å². The zero-order valence-corrected chi connectivity index (χ0v) is 10.2. The third-order valence-electron chi connectivity index (χ3n) is 2.78. The first-order valence-electron chi connectivity index (χ1n) is 5.18. The van der Waals surface area contributed by atoms with Crippen LogP contribution in [0.5, 0.6) is 0 Å². The molecule has 1 unspecified atom stereocenters. The highest BCUT2D eigenvalue weighted by Gasteiger charge is 2.24. The molecule has 1 aromatic rings. The van der Waals surface area contributed by atoms with Crippen LogP contribution >= 0.6 is 23.6 Å². The second kappa shape index (κ2) is 5.01. The van der Waals surface area contributed by atoms with Crippen LogP contribution < -0.4 is 5.73 Å². The molecule has 0 radical (unpaired) electrons. The predicted molar refractivity (Wildman–Crippen MR) is 66.9 cm³/mol. The molecule has 1 atom stereocenters. The standard InChI is InChI=1S/C10H15N3S2/c11-10(14)9-3-1-2-4-13(9)6-8-5-12-7-15-8/h5,7,9H,1-4,6H2,(H2,11,14). The Kier molecular flexibility index (Phi) is 3.66. The van der Waals surface area contributed by atoms with E-state index in [1.54, 1.807) is 11.3 Å². The molecular weight excluding hydrogens is 226 g/mol. The average molecular weight is 241 g/mol. The van der Waals surface area contributed by atoms with Crippen LogP contribution in [-0.2, 0) is 6.54 Å². The van der Waals surface area contributed by atoms with E-state index in [2.05, 4.69) is 9.88 Å². The number of aromatic nitrogens is 1. The monoisotopic (exact) mass is 241 g/mol. The molecule has 2 rings (SSSR count). The van der Waals surface area contributed by atoms with Gasteiger partial charge < -0.3 is 5.73 Å². The number of thiocarbonyl (C=S) groups is 1. The maximum atomic E-state index is 5.76. The Labute approximate surface area is 99.3 Å². The molecule has 1 aromatic heterocycles. The van der Waals surface area contributed by atoms with E-state index >= 15 is 0 Å². The Morgan fingerprint density at radius 1 is 1.67 bits per heavy atom. The van der Waals surface area contributed by atoms with Crippen LogP contribution in [0.25, 0.3) is 0 Å². The third-order valence-corrected chi connectivity index (χ3v) is 3.82. The highest BCUT2D eigenvalue weighted by Crippen LogP contribution is 2.20. The lowest BCUT2D eigenvalue weighted by atomic mass is 10.0. The van der Waals surface area contributed by atoms with E-state index in [0.717, 1.165) is 19.5 Å². The van der Waals surface area contributed by atoms with Gasteiger partial charge in [-0.3, -0.25) is 9.88 Å². The van der Waals surface area contributed by atoms with Crippen molar-refractivity contribution in [1.29, 1.82) is 0 Å². The number of hydrogen-bond acceptors (Lipinski definition) is 4. The minimum atomic E-state index is 0.288. The predicted octanol–water partition coefficient (Wildman–Crippen LogP) is 1.78. The molecule has 1 fully saturated rings. The van der Waals surface area contributed by atoms with E-state index in [0.29, 0.717) is 4.99 Å². The normalized spacial score (nSPS) is 22.8. The summed E-state index contributed by atoms with van der Waals surface area (Å²) in [5.74, 6) is 0. The first kappa shape index (κ1) is 11.0. The molecule has 3 nitrogen and oxygen atoms in total. The molecule has 0 saturated carbocycles. The van der Waals surface area contributed by atoms with Gasteiger partial charge in [0.2, 0.25) is 0 Å². The molecule has 0 aliphatic carbocycles. The summed E-state index contributed by atoms with van der Waals surface area (Å²) in [4.78, 5) is 8.39. The lowest BCUT2D eigenvalue weighted by Crippen LogP contribution is -2.46. The Morgan fingerprint density at radius 2 is 2.53 bits per heavy atom. The maximum absolute atomic E-state index is 5.76. The summed E-state index contributed by atoms with van der Waals surface area (Å²) >= 11 is 6.81. The van der Waals surface area contributed by atoms with Crippen LogP contribution in [-0.4, -0.2) is 27.5 Å². The number of hydrogen-bond donors (Lipinski definition) is 1. The quantitative estimate of drug-likeness (QED) is 0.819. The molecule has 1 saturated heterocycles. The van der Waals surface area contributed by atoms with E-state index in [1.807, 2.05) is 11.7 Å². The number of piperidine rings is 1. The van der Waals surface area contributed by atoms with Gasteiger partial charge in [-0.2, -0.15) is 0 Å². The van der Waals surface area contributed by atoms with Crippen LogP contribution in [0.15, 0.2) is 11.7 Å². The minimum Gasteiger partial charge on any atom is -0.392 e. The average Bonchev–Trinajstić information content (AvgIpc) is 2.71. The molecule has 1 aliphatic heterocycles. The Balaban J connectivity index is 2.02. The Morgan fingerprint density at radius 3 is 3.20 bits per heavy atom. The van der Waals surface area contributed by atoms with Gasteiger partial charge in [-0.15, -0.1) is 11.3 Å². The van der Waals surface area contributed by atoms with Crippen molar-refractivity contribution in [2.24, 2.45) is 5.73 Å². The van der Waals surface area contributed by atoms with Gasteiger partial charge in [-0.25, -0.2) is 0 Å². The second-order valence-electron chi connectivity index (χ2n) is 3.85. The van der Waals surface area contributed by atoms with E-state index in [9.17, 15) is 0 Å². The topological polar surface area (TPSA) is 42.1 Å². The fraction of sp³-hybridized carbons (Fsp3) is 0.600. The molecule has 1 aliphatic rings. The molecular formula is C10H15N3S2. The second-order valence-corrected chi connectivity index (χ2v) is 5.29. The third kappa shape index (κ3) is 2.74. The summed E-state index contributed by atoms with van der Waals surface area (Å²) in [5.41, 5.74) is 7.63. The van der Waals surface area contributed by atoms with Gasteiger partial charge in [0.25, 0.3) is 0 Å². The van der Waals surface area contributed by atoms with Crippen molar-refractivity contribution in [2.45, 2.75) is 31.8 Å². The number of nitrogens with zero attached hydrogens (tertiary/aromatic N) is 2. The van der Waals surface area contributed by atoms with Crippen molar-refractivity contribution in [1.82, 2.24) is 9.88 Å². The molecule has 82 valence electrons.